The fraction of sp³-hybridized carbons (Fsp3) is 0.160. The number of hydrogen-bond acceptors (Lipinski definition) is 4. The van der Waals surface area contributed by atoms with E-state index in [1.54, 1.807) is 19.1 Å². The molecule has 0 unspecified atom stereocenters. The standard InChI is InChI=1S/C25H23FN4O2/c1-18-24(28-29-30(18)22-11-9-21(26)10-12-22)25(31)27-16-15-19-7-13-23(14-8-19)32-17-20-5-3-2-4-6-20/h2-14H,15-17H2,1H3,(H,27,31). The zero-order chi connectivity index (χ0) is 22.3. The minimum atomic E-state index is -0.333. The highest BCUT2D eigenvalue weighted by Gasteiger charge is 2.17. The fourth-order valence-corrected chi connectivity index (χ4v) is 3.26. The summed E-state index contributed by atoms with van der Waals surface area (Å²) in [7, 11) is 0. The number of halogens is 1. The molecule has 162 valence electrons. The normalized spacial score (nSPS) is 10.7. The molecule has 1 amide bonds. The molecule has 0 spiro atoms. The van der Waals surface area contributed by atoms with Crippen molar-refractivity contribution in [1.82, 2.24) is 20.3 Å². The maximum absolute atomic E-state index is 13.1. The molecule has 0 aliphatic rings. The lowest BCUT2D eigenvalue weighted by Crippen LogP contribution is -2.26. The molecule has 0 bridgehead atoms. The van der Waals surface area contributed by atoms with Crippen molar-refractivity contribution in [3.63, 3.8) is 0 Å². The maximum Gasteiger partial charge on any atom is 0.273 e. The van der Waals surface area contributed by atoms with Gasteiger partial charge in [0.1, 0.15) is 18.2 Å². The molecule has 32 heavy (non-hydrogen) atoms. The van der Waals surface area contributed by atoms with Crippen LogP contribution in [0, 0.1) is 12.7 Å². The van der Waals surface area contributed by atoms with Crippen molar-refractivity contribution in [1.29, 1.82) is 0 Å². The van der Waals surface area contributed by atoms with Crippen molar-refractivity contribution in [3.8, 4) is 11.4 Å². The Hall–Kier alpha value is -4.00. The van der Waals surface area contributed by atoms with Crippen molar-refractivity contribution in [2.75, 3.05) is 6.54 Å². The molecule has 4 aromatic rings. The second kappa shape index (κ2) is 9.87. The molecular weight excluding hydrogens is 407 g/mol. The van der Waals surface area contributed by atoms with Crippen LogP contribution in [0.5, 0.6) is 5.75 Å². The number of carbonyl (C=O) groups excluding carboxylic acids is 1. The van der Waals surface area contributed by atoms with E-state index in [1.807, 2.05) is 54.6 Å². The Morgan fingerprint density at radius 3 is 2.41 bits per heavy atom. The molecule has 7 heteroatoms. The first-order valence-electron chi connectivity index (χ1n) is 10.3. The average Bonchev–Trinajstić information content (AvgIpc) is 3.21. The number of hydrogen-bond donors (Lipinski definition) is 1. The first-order valence-corrected chi connectivity index (χ1v) is 10.3. The van der Waals surface area contributed by atoms with Gasteiger partial charge in [0.2, 0.25) is 0 Å². The van der Waals surface area contributed by atoms with Crippen molar-refractivity contribution in [3.05, 3.63) is 107 Å². The maximum atomic E-state index is 13.1. The van der Waals surface area contributed by atoms with Crippen molar-refractivity contribution in [2.45, 2.75) is 20.0 Å². The lowest BCUT2D eigenvalue weighted by molar-refractivity contribution is 0.0948. The summed E-state index contributed by atoms with van der Waals surface area (Å²) < 4.78 is 20.4. The third kappa shape index (κ3) is 5.18. The van der Waals surface area contributed by atoms with Gasteiger partial charge >= 0.3 is 0 Å². The molecule has 0 saturated carbocycles. The van der Waals surface area contributed by atoms with Gasteiger partial charge in [-0.05, 0) is 60.9 Å². The Balaban J connectivity index is 1.28. The van der Waals surface area contributed by atoms with Gasteiger partial charge in [0.05, 0.1) is 11.4 Å². The summed E-state index contributed by atoms with van der Waals surface area (Å²) in [5, 5.41) is 10.9. The van der Waals surface area contributed by atoms with Gasteiger partial charge in [0, 0.05) is 6.54 Å². The highest BCUT2D eigenvalue weighted by atomic mass is 19.1. The summed E-state index contributed by atoms with van der Waals surface area (Å²) in [6, 6.07) is 23.7. The number of benzene rings is 3. The van der Waals surface area contributed by atoms with Crippen LogP contribution in [0.25, 0.3) is 5.69 Å². The van der Waals surface area contributed by atoms with Gasteiger partial charge in [-0.1, -0.05) is 47.7 Å². The molecule has 0 aliphatic carbocycles. The monoisotopic (exact) mass is 430 g/mol. The van der Waals surface area contributed by atoms with E-state index in [-0.39, 0.29) is 17.4 Å². The van der Waals surface area contributed by atoms with Gasteiger partial charge in [-0.2, -0.15) is 0 Å². The van der Waals surface area contributed by atoms with Crippen LogP contribution >= 0.6 is 0 Å². The molecule has 0 aliphatic heterocycles. The van der Waals surface area contributed by atoms with E-state index in [0.717, 1.165) is 16.9 Å². The molecule has 6 nitrogen and oxygen atoms in total. The van der Waals surface area contributed by atoms with Crippen molar-refractivity contribution < 1.29 is 13.9 Å². The van der Waals surface area contributed by atoms with Crippen LogP contribution in [0.4, 0.5) is 4.39 Å². The van der Waals surface area contributed by atoms with Crippen LogP contribution in [-0.2, 0) is 13.0 Å². The molecule has 0 saturated heterocycles. The van der Waals surface area contributed by atoms with Crippen LogP contribution in [-0.4, -0.2) is 27.4 Å². The quantitative estimate of drug-likeness (QED) is 0.453. The third-order valence-corrected chi connectivity index (χ3v) is 5.05. The minimum absolute atomic E-state index is 0.249. The number of rotatable bonds is 8. The van der Waals surface area contributed by atoms with Crippen LogP contribution < -0.4 is 10.1 Å². The van der Waals surface area contributed by atoms with Crippen LogP contribution in [0.1, 0.15) is 27.3 Å². The smallest absolute Gasteiger partial charge is 0.273 e. The number of nitrogens with zero attached hydrogens (tertiary/aromatic N) is 3. The molecule has 0 radical (unpaired) electrons. The first kappa shape index (κ1) is 21.2. The Morgan fingerprint density at radius 2 is 1.69 bits per heavy atom. The number of carbonyl (C=O) groups is 1. The van der Waals surface area contributed by atoms with Gasteiger partial charge < -0.3 is 10.1 Å². The average molecular weight is 430 g/mol. The lowest BCUT2D eigenvalue weighted by Gasteiger charge is -2.08. The van der Waals surface area contributed by atoms with Gasteiger partial charge in [-0.15, -0.1) is 5.10 Å². The predicted octanol–water partition coefficient (Wildman–Crippen LogP) is 4.27. The number of nitrogens with one attached hydrogen (secondary N) is 1. The van der Waals surface area contributed by atoms with Crippen LogP contribution in [0.15, 0.2) is 78.9 Å². The highest BCUT2D eigenvalue weighted by Crippen LogP contribution is 2.15. The largest absolute Gasteiger partial charge is 0.489 e. The third-order valence-electron chi connectivity index (χ3n) is 5.05. The predicted molar refractivity (Wildman–Crippen MR) is 119 cm³/mol. The van der Waals surface area contributed by atoms with Crippen molar-refractivity contribution >= 4 is 5.91 Å². The van der Waals surface area contributed by atoms with Gasteiger partial charge in [0.25, 0.3) is 5.91 Å². The second-order valence-corrected chi connectivity index (χ2v) is 7.34. The van der Waals surface area contributed by atoms with Gasteiger partial charge in [-0.3, -0.25) is 4.79 Å². The zero-order valence-electron chi connectivity index (χ0n) is 17.7. The topological polar surface area (TPSA) is 69.0 Å². The van der Waals surface area contributed by atoms with Crippen LogP contribution in [0.2, 0.25) is 0 Å². The van der Waals surface area contributed by atoms with Crippen molar-refractivity contribution in [2.24, 2.45) is 0 Å². The first-order chi connectivity index (χ1) is 15.6. The van der Waals surface area contributed by atoms with E-state index in [2.05, 4.69) is 15.6 Å². The molecule has 4 rings (SSSR count). The molecular formula is C25H23FN4O2. The van der Waals surface area contributed by atoms with Gasteiger partial charge in [-0.25, -0.2) is 9.07 Å². The second-order valence-electron chi connectivity index (χ2n) is 7.34. The van der Waals surface area contributed by atoms with E-state index >= 15 is 0 Å². The molecule has 0 fully saturated rings. The summed E-state index contributed by atoms with van der Waals surface area (Å²) >= 11 is 0. The Bertz CT molecular complexity index is 1170. The number of amides is 1. The van der Waals surface area contributed by atoms with E-state index in [1.165, 1.54) is 16.8 Å². The Kier molecular flexibility index (Phi) is 6.55. The van der Waals surface area contributed by atoms with E-state index < -0.39 is 0 Å². The number of aromatic nitrogens is 3. The SMILES string of the molecule is Cc1c(C(=O)NCCc2ccc(OCc3ccccc3)cc2)nnn1-c1ccc(F)cc1. The summed E-state index contributed by atoms with van der Waals surface area (Å²) in [6.45, 7) is 2.74. The lowest BCUT2D eigenvalue weighted by atomic mass is 10.1. The summed E-state index contributed by atoms with van der Waals surface area (Å²) in [4.78, 5) is 12.5. The fourth-order valence-electron chi connectivity index (χ4n) is 3.26. The summed E-state index contributed by atoms with van der Waals surface area (Å²) in [6.07, 6.45) is 0.676. The molecule has 3 aromatic carbocycles. The van der Waals surface area contributed by atoms with E-state index in [4.69, 9.17) is 4.74 Å². The molecule has 0 atom stereocenters. The molecule has 1 heterocycles. The number of ether oxygens (including phenoxy) is 1. The molecule has 1 aromatic heterocycles. The Morgan fingerprint density at radius 1 is 0.969 bits per heavy atom. The molecule has 1 N–H and O–H groups in total. The highest BCUT2D eigenvalue weighted by molar-refractivity contribution is 5.93. The minimum Gasteiger partial charge on any atom is -0.489 e. The van der Waals surface area contributed by atoms with Crippen LogP contribution in [0.3, 0.4) is 0 Å². The summed E-state index contributed by atoms with van der Waals surface area (Å²) in [5.41, 5.74) is 3.69. The van der Waals surface area contributed by atoms with E-state index in [9.17, 15) is 9.18 Å². The summed E-state index contributed by atoms with van der Waals surface area (Å²) in [5.74, 6) is 0.175. The van der Waals surface area contributed by atoms with Gasteiger partial charge in [0.15, 0.2) is 5.69 Å². The Labute approximate surface area is 185 Å². The van der Waals surface area contributed by atoms with E-state index in [0.29, 0.717) is 31.0 Å². The zero-order valence-corrected chi connectivity index (χ0v) is 17.7.